The Balaban J connectivity index is 1.33. The third-order valence-corrected chi connectivity index (χ3v) is 8.52. The molecule has 0 atom stereocenters. The highest BCUT2D eigenvalue weighted by Gasteiger charge is 2.34. The molecule has 2 aromatic carbocycles. The van der Waals surface area contributed by atoms with E-state index in [1.165, 1.54) is 4.31 Å². The zero-order valence-electron chi connectivity index (χ0n) is 18.1. The summed E-state index contributed by atoms with van der Waals surface area (Å²) in [6, 6.07) is 20.3. The summed E-state index contributed by atoms with van der Waals surface area (Å²) in [6.07, 6.45) is 1.85. The van der Waals surface area contributed by atoms with Crippen LogP contribution in [0.1, 0.15) is 12.8 Å². The molecular weight excluding hydrogens is 424 g/mol. The average Bonchev–Trinajstić information content (AvgIpc) is 3.49. The van der Waals surface area contributed by atoms with Gasteiger partial charge in [0.1, 0.15) is 6.54 Å². The van der Waals surface area contributed by atoms with Crippen molar-refractivity contribution in [3.05, 3.63) is 60.7 Å². The molecule has 1 aromatic heterocycles. The van der Waals surface area contributed by atoms with Crippen molar-refractivity contribution in [2.75, 3.05) is 39.3 Å². The fourth-order valence-corrected chi connectivity index (χ4v) is 6.39. The van der Waals surface area contributed by atoms with Crippen molar-refractivity contribution in [2.24, 2.45) is 0 Å². The number of para-hydroxylation sites is 1. The molecule has 0 saturated carbocycles. The lowest BCUT2D eigenvalue weighted by molar-refractivity contribution is -0.132. The van der Waals surface area contributed by atoms with Gasteiger partial charge in [0, 0.05) is 55.9 Å². The minimum absolute atomic E-state index is 0.0155. The highest BCUT2D eigenvalue weighted by molar-refractivity contribution is 7.86. The number of hydrogen-bond donors (Lipinski definition) is 0. The van der Waals surface area contributed by atoms with Crippen LogP contribution in [0, 0.1) is 0 Å². The molecule has 1 amide bonds. The van der Waals surface area contributed by atoms with Gasteiger partial charge in [-0.3, -0.25) is 4.79 Å². The zero-order valence-corrected chi connectivity index (χ0v) is 18.9. The zero-order chi connectivity index (χ0) is 22.1. The Labute approximate surface area is 189 Å². The average molecular weight is 453 g/mol. The topological polar surface area (TPSA) is 65.9 Å². The molecule has 2 aliphatic rings. The first kappa shape index (κ1) is 21.2. The van der Waals surface area contributed by atoms with E-state index in [2.05, 4.69) is 28.8 Å². The first-order valence-corrected chi connectivity index (χ1v) is 12.6. The molecule has 3 aromatic rings. The quantitative estimate of drug-likeness (QED) is 0.598. The molecule has 0 spiro atoms. The minimum Gasteiger partial charge on any atom is -0.339 e. The number of aromatic nitrogens is 1. The third kappa shape index (κ3) is 3.94. The van der Waals surface area contributed by atoms with E-state index in [-0.39, 0.29) is 12.5 Å². The third-order valence-electron chi connectivity index (χ3n) is 6.48. The van der Waals surface area contributed by atoms with E-state index in [1.807, 2.05) is 36.4 Å². The predicted molar refractivity (Wildman–Crippen MR) is 125 cm³/mol. The van der Waals surface area contributed by atoms with Crippen molar-refractivity contribution in [3.8, 4) is 11.3 Å². The number of carbonyl (C=O) groups is 1. The standard InChI is InChI=1S/C24H28N4O3S/c29-24(25-14-16-27(17-15-25)32(30,31)26-12-6-7-13-26)19-28-22-11-5-4-10-21(22)18-23(28)20-8-2-1-3-9-20/h1-5,8-11,18H,6-7,12-17,19H2. The lowest BCUT2D eigenvalue weighted by atomic mass is 10.1. The molecule has 2 fully saturated rings. The molecule has 0 aliphatic carbocycles. The van der Waals surface area contributed by atoms with E-state index in [0.29, 0.717) is 39.3 Å². The smallest absolute Gasteiger partial charge is 0.282 e. The summed E-state index contributed by atoms with van der Waals surface area (Å²) < 4.78 is 30.8. The number of nitrogens with zero attached hydrogens (tertiary/aromatic N) is 4. The molecule has 0 unspecified atom stereocenters. The molecule has 7 nitrogen and oxygen atoms in total. The van der Waals surface area contributed by atoms with E-state index in [0.717, 1.165) is 35.0 Å². The van der Waals surface area contributed by atoms with E-state index < -0.39 is 10.2 Å². The van der Waals surface area contributed by atoms with Gasteiger partial charge in [-0.05, 0) is 30.5 Å². The van der Waals surface area contributed by atoms with E-state index in [9.17, 15) is 13.2 Å². The van der Waals surface area contributed by atoms with E-state index >= 15 is 0 Å². The monoisotopic (exact) mass is 452 g/mol. The molecule has 0 radical (unpaired) electrons. The van der Waals surface area contributed by atoms with Gasteiger partial charge >= 0.3 is 0 Å². The summed E-state index contributed by atoms with van der Waals surface area (Å²) in [5.41, 5.74) is 3.10. The van der Waals surface area contributed by atoms with Gasteiger partial charge in [-0.1, -0.05) is 48.5 Å². The maximum absolute atomic E-state index is 13.2. The Morgan fingerprint density at radius 1 is 0.781 bits per heavy atom. The summed E-state index contributed by atoms with van der Waals surface area (Å²) in [6.45, 7) is 2.98. The molecule has 8 heteroatoms. The van der Waals surface area contributed by atoms with Gasteiger partial charge in [0.15, 0.2) is 0 Å². The Kier molecular flexibility index (Phi) is 5.75. The Morgan fingerprint density at radius 3 is 2.12 bits per heavy atom. The van der Waals surface area contributed by atoms with Crippen molar-refractivity contribution in [2.45, 2.75) is 19.4 Å². The van der Waals surface area contributed by atoms with Crippen LogP contribution in [-0.4, -0.2) is 71.7 Å². The summed E-state index contributed by atoms with van der Waals surface area (Å²) in [5, 5.41) is 1.10. The van der Waals surface area contributed by atoms with Crippen molar-refractivity contribution < 1.29 is 13.2 Å². The molecule has 3 heterocycles. The maximum Gasteiger partial charge on any atom is 0.282 e. The van der Waals surface area contributed by atoms with E-state index in [1.54, 1.807) is 9.21 Å². The molecule has 2 aliphatic heterocycles. The molecular formula is C24H28N4O3S. The molecule has 2 saturated heterocycles. The van der Waals surface area contributed by atoms with Gasteiger partial charge in [-0.2, -0.15) is 17.0 Å². The Morgan fingerprint density at radius 2 is 1.41 bits per heavy atom. The van der Waals surface area contributed by atoms with Gasteiger partial charge in [0.25, 0.3) is 10.2 Å². The largest absolute Gasteiger partial charge is 0.339 e. The van der Waals surface area contributed by atoms with Gasteiger partial charge < -0.3 is 9.47 Å². The second kappa shape index (κ2) is 8.69. The summed E-state index contributed by atoms with van der Waals surface area (Å²) in [7, 11) is -3.41. The molecule has 168 valence electrons. The van der Waals surface area contributed by atoms with E-state index in [4.69, 9.17) is 0 Å². The second-order valence-electron chi connectivity index (χ2n) is 8.43. The second-order valence-corrected chi connectivity index (χ2v) is 10.4. The van der Waals surface area contributed by atoms with Crippen LogP contribution >= 0.6 is 0 Å². The number of benzene rings is 2. The van der Waals surface area contributed by atoms with Crippen molar-refractivity contribution in [1.82, 2.24) is 18.1 Å². The van der Waals surface area contributed by atoms with Crippen LogP contribution in [0.2, 0.25) is 0 Å². The first-order chi connectivity index (χ1) is 15.5. The van der Waals surface area contributed by atoms with Gasteiger partial charge in [0.05, 0.1) is 0 Å². The van der Waals surface area contributed by atoms with Crippen LogP contribution in [0.4, 0.5) is 0 Å². The van der Waals surface area contributed by atoms with Crippen molar-refractivity contribution in [3.63, 3.8) is 0 Å². The highest BCUT2D eigenvalue weighted by Crippen LogP contribution is 2.28. The Hall–Kier alpha value is -2.68. The first-order valence-electron chi connectivity index (χ1n) is 11.2. The maximum atomic E-state index is 13.2. The van der Waals surface area contributed by atoms with Crippen LogP contribution in [0.5, 0.6) is 0 Å². The molecule has 5 rings (SSSR count). The fraction of sp³-hybridized carbons (Fsp3) is 0.375. The van der Waals surface area contributed by atoms with Gasteiger partial charge in [-0.15, -0.1) is 0 Å². The minimum atomic E-state index is -3.41. The van der Waals surface area contributed by atoms with Crippen LogP contribution in [0.15, 0.2) is 60.7 Å². The lowest BCUT2D eigenvalue weighted by Crippen LogP contribution is -2.54. The van der Waals surface area contributed by atoms with Crippen molar-refractivity contribution >= 4 is 27.0 Å². The molecule has 0 bridgehead atoms. The number of hydrogen-bond acceptors (Lipinski definition) is 3. The van der Waals surface area contributed by atoms with Crippen molar-refractivity contribution in [1.29, 1.82) is 0 Å². The summed E-state index contributed by atoms with van der Waals surface area (Å²) >= 11 is 0. The van der Waals surface area contributed by atoms with Gasteiger partial charge in [0.2, 0.25) is 5.91 Å². The number of amides is 1. The van der Waals surface area contributed by atoms with Crippen LogP contribution in [0.3, 0.4) is 0 Å². The number of carbonyl (C=O) groups excluding carboxylic acids is 1. The number of piperazine rings is 1. The fourth-order valence-electron chi connectivity index (χ4n) is 4.71. The lowest BCUT2D eigenvalue weighted by Gasteiger charge is -2.36. The summed E-state index contributed by atoms with van der Waals surface area (Å²) in [4.78, 5) is 15.0. The number of fused-ring (bicyclic) bond motifs is 1. The highest BCUT2D eigenvalue weighted by atomic mass is 32.2. The number of rotatable bonds is 5. The molecule has 0 N–H and O–H groups in total. The van der Waals surface area contributed by atoms with Crippen LogP contribution in [0.25, 0.3) is 22.2 Å². The molecule has 32 heavy (non-hydrogen) atoms. The SMILES string of the molecule is O=C(Cn1c(-c2ccccc2)cc2ccccc21)N1CCN(S(=O)(=O)N2CCCC2)CC1. The predicted octanol–water partition coefficient (Wildman–Crippen LogP) is 2.79. The van der Waals surface area contributed by atoms with Gasteiger partial charge in [-0.25, -0.2) is 0 Å². The van der Waals surface area contributed by atoms with Crippen LogP contribution in [-0.2, 0) is 21.5 Å². The summed E-state index contributed by atoms with van der Waals surface area (Å²) in [5.74, 6) is 0.0155. The Bertz CT molecular complexity index is 1210. The van der Waals surface area contributed by atoms with Crippen LogP contribution < -0.4 is 0 Å². The normalized spacial score (nSPS) is 18.4.